The second-order valence-electron chi connectivity index (χ2n) is 4.16. The lowest BCUT2D eigenvalue weighted by Crippen LogP contribution is -2.52. The van der Waals surface area contributed by atoms with Crippen LogP contribution in [0.25, 0.3) is 0 Å². The zero-order chi connectivity index (χ0) is 10.9. The van der Waals surface area contributed by atoms with Gasteiger partial charge in [0.25, 0.3) is 0 Å². The summed E-state index contributed by atoms with van der Waals surface area (Å²) in [5.41, 5.74) is -0.316. The molecule has 2 heterocycles. The summed E-state index contributed by atoms with van der Waals surface area (Å²) < 4.78 is 22.5. The van der Waals surface area contributed by atoms with Crippen LogP contribution >= 0.6 is 0 Å². The Morgan fingerprint density at radius 2 is 2.27 bits per heavy atom. The van der Waals surface area contributed by atoms with Gasteiger partial charge in [0.05, 0.1) is 19.2 Å². The van der Waals surface area contributed by atoms with Crippen molar-refractivity contribution in [3.8, 4) is 0 Å². The standard InChI is InChI=1S/C10H18BO4/c1-11-9-7-8(13-3)10(15-9,6-12-2)4-5-14-7/h7-9H,4-6H2,1-3H3/t7?,8-,9?,10?/m1/s1. The molecule has 0 aromatic rings. The van der Waals surface area contributed by atoms with Crippen molar-refractivity contribution in [2.75, 3.05) is 27.4 Å². The zero-order valence-corrected chi connectivity index (χ0v) is 9.56. The number of methoxy groups -OCH3 is 2. The van der Waals surface area contributed by atoms with E-state index < -0.39 is 0 Å². The van der Waals surface area contributed by atoms with E-state index in [9.17, 15) is 0 Å². The summed E-state index contributed by atoms with van der Waals surface area (Å²) in [4.78, 5) is 0. The van der Waals surface area contributed by atoms with Crippen LogP contribution in [-0.2, 0) is 18.9 Å². The SMILES string of the molecule is C[B]C1OC2(COC)CCOC1[C@H]2OC. The van der Waals surface area contributed by atoms with Crippen LogP contribution in [-0.4, -0.2) is 58.5 Å². The Kier molecular flexibility index (Phi) is 3.35. The summed E-state index contributed by atoms with van der Waals surface area (Å²) in [6, 6.07) is 0.0209. The Bertz CT molecular complexity index is 221. The molecule has 2 aliphatic heterocycles. The lowest BCUT2D eigenvalue weighted by molar-refractivity contribution is -0.155. The highest BCUT2D eigenvalue weighted by atomic mass is 16.6. The lowest BCUT2D eigenvalue weighted by atomic mass is 9.71. The molecule has 4 nitrogen and oxygen atoms in total. The van der Waals surface area contributed by atoms with Gasteiger partial charge in [-0.2, -0.15) is 0 Å². The smallest absolute Gasteiger partial charge is 0.149 e. The van der Waals surface area contributed by atoms with Gasteiger partial charge >= 0.3 is 0 Å². The van der Waals surface area contributed by atoms with Crippen LogP contribution in [0.4, 0.5) is 0 Å². The van der Waals surface area contributed by atoms with Crippen LogP contribution < -0.4 is 0 Å². The van der Waals surface area contributed by atoms with Crippen LogP contribution in [0.2, 0.25) is 6.82 Å². The van der Waals surface area contributed by atoms with E-state index in [2.05, 4.69) is 0 Å². The van der Waals surface area contributed by atoms with Gasteiger partial charge in [0.1, 0.15) is 25.1 Å². The Labute approximate surface area is 91.5 Å². The molecule has 15 heavy (non-hydrogen) atoms. The van der Waals surface area contributed by atoms with Gasteiger partial charge in [-0.15, -0.1) is 0 Å². The minimum atomic E-state index is -0.316. The van der Waals surface area contributed by atoms with Crippen molar-refractivity contribution in [1.29, 1.82) is 0 Å². The molecule has 2 bridgehead atoms. The van der Waals surface area contributed by atoms with Crippen LogP contribution in [0.1, 0.15) is 6.42 Å². The summed E-state index contributed by atoms with van der Waals surface area (Å²) in [5.74, 6) is 0. The predicted molar refractivity (Wildman–Crippen MR) is 56.3 cm³/mol. The molecule has 0 aromatic carbocycles. The maximum absolute atomic E-state index is 6.04. The largest absolute Gasteiger partial charge is 0.382 e. The van der Waals surface area contributed by atoms with E-state index in [-0.39, 0.29) is 23.8 Å². The molecule has 0 aliphatic carbocycles. The molecule has 85 valence electrons. The molecule has 3 unspecified atom stereocenters. The summed E-state index contributed by atoms with van der Waals surface area (Å²) >= 11 is 0. The van der Waals surface area contributed by atoms with Crippen molar-refractivity contribution in [1.82, 2.24) is 0 Å². The monoisotopic (exact) mass is 213 g/mol. The first kappa shape index (κ1) is 11.4. The molecule has 0 saturated carbocycles. The predicted octanol–water partition coefficient (Wildman–Crippen LogP) is 0.284. The third kappa shape index (κ3) is 1.71. The fourth-order valence-electron chi connectivity index (χ4n) is 2.67. The van der Waals surface area contributed by atoms with Crippen molar-refractivity contribution < 1.29 is 18.9 Å². The second kappa shape index (κ2) is 4.41. The summed E-state index contributed by atoms with van der Waals surface area (Å²) in [6.45, 7) is 3.27. The van der Waals surface area contributed by atoms with Crippen LogP contribution in [0.3, 0.4) is 0 Å². The molecule has 4 atom stereocenters. The Balaban J connectivity index is 2.20. The van der Waals surface area contributed by atoms with Gasteiger partial charge < -0.3 is 18.9 Å². The van der Waals surface area contributed by atoms with E-state index in [1.54, 1.807) is 14.2 Å². The summed E-state index contributed by atoms with van der Waals surface area (Å²) in [7, 11) is 5.43. The number of hydrogen-bond acceptors (Lipinski definition) is 4. The second-order valence-corrected chi connectivity index (χ2v) is 4.16. The minimum absolute atomic E-state index is 0.0175. The van der Waals surface area contributed by atoms with Gasteiger partial charge in [-0.3, -0.25) is 0 Å². The number of rotatable bonds is 4. The van der Waals surface area contributed by atoms with E-state index in [1.165, 1.54) is 0 Å². The van der Waals surface area contributed by atoms with Gasteiger partial charge in [0.15, 0.2) is 0 Å². The van der Waals surface area contributed by atoms with Crippen molar-refractivity contribution in [2.45, 2.75) is 37.1 Å². The fourth-order valence-corrected chi connectivity index (χ4v) is 2.67. The van der Waals surface area contributed by atoms with E-state index in [1.807, 2.05) is 14.1 Å². The highest BCUT2D eigenvalue weighted by Crippen LogP contribution is 2.41. The Morgan fingerprint density at radius 1 is 1.47 bits per heavy atom. The Morgan fingerprint density at radius 3 is 2.87 bits per heavy atom. The average molecular weight is 213 g/mol. The van der Waals surface area contributed by atoms with Crippen molar-refractivity contribution >= 4 is 7.28 Å². The fraction of sp³-hybridized carbons (Fsp3) is 1.00. The highest BCUT2D eigenvalue weighted by Gasteiger charge is 2.57. The van der Waals surface area contributed by atoms with Gasteiger partial charge in [-0.1, -0.05) is 6.82 Å². The Hall–Kier alpha value is -0.0951. The first-order valence-corrected chi connectivity index (χ1v) is 5.38. The maximum atomic E-state index is 6.04. The number of hydrogen-bond donors (Lipinski definition) is 0. The van der Waals surface area contributed by atoms with Gasteiger partial charge in [0, 0.05) is 20.6 Å². The highest BCUT2D eigenvalue weighted by molar-refractivity contribution is 6.35. The quantitative estimate of drug-likeness (QED) is 0.628. The molecule has 0 spiro atoms. The normalized spacial score (nSPS) is 44.3. The molecule has 2 aliphatic rings. The first-order chi connectivity index (χ1) is 7.27. The topological polar surface area (TPSA) is 36.9 Å². The van der Waals surface area contributed by atoms with Crippen molar-refractivity contribution in [2.24, 2.45) is 0 Å². The maximum Gasteiger partial charge on any atom is 0.149 e. The first-order valence-electron chi connectivity index (χ1n) is 5.38. The van der Waals surface area contributed by atoms with E-state index in [4.69, 9.17) is 18.9 Å². The van der Waals surface area contributed by atoms with Gasteiger partial charge in [-0.05, 0) is 0 Å². The van der Waals surface area contributed by atoms with E-state index >= 15 is 0 Å². The van der Waals surface area contributed by atoms with E-state index in [0.717, 1.165) is 13.0 Å². The lowest BCUT2D eigenvalue weighted by Gasteiger charge is -2.37. The molecule has 2 fully saturated rings. The zero-order valence-electron chi connectivity index (χ0n) is 9.56. The molecular formula is C10H18BO4. The molecule has 1 radical (unpaired) electrons. The number of ether oxygens (including phenoxy) is 4. The van der Waals surface area contributed by atoms with Gasteiger partial charge in [-0.25, -0.2) is 0 Å². The molecule has 0 N–H and O–H groups in total. The summed E-state index contributed by atoms with van der Waals surface area (Å²) in [5, 5.41) is 0. The number of fused-ring (bicyclic) bond motifs is 2. The molecule has 5 heteroatoms. The van der Waals surface area contributed by atoms with Gasteiger partial charge in [0.2, 0.25) is 0 Å². The third-order valence-electron chi connectivity index (χ3n) is 3.32. The summed E-state index contributed by atoms with van der Waals surface area (Å²) in [6.07, 6.45) is 0.830. The van der Waals surface area contributed by atoms with Crippen LogP contribution in [0.15, 0.2) is 0 Å². The third-order valence-corrected chi connectivity index (χ3v) is 3.32. The molecule has 2 rings (SSSR count). The minimum Gasteiger partial charge on any atom is -0.382 e. The van der Waals surface area contributed by atoms with Crippen molar-refractivity contribution in [3.63, 3.8) is 0 Å². The van der Waals surface area contributed by atoms with Crippen LogP contribution in [0.5, 0.6) is 0 Å². The molecule has 0 aromatic heterocycles. The molecular weight excluding hydrogens is 195 g/mol. The molecule has 0 amide bonds. The van der Waals surface area contributed by atoms with Crippen LogP contribution in [0, 0.1) is 0 Å². The van der Waals surface area contributed by atoms with E-state index in [0.29, 0.717) is 6.61 Å². The average Bonchev–Trinajstić information content (AvgIpc) is 2.41. The van der Waals surface area contributed by atoms with Crippen molar-refractivity contribution in [3.05, 3.63) is 0 Å². The molecule has 2 saturated heterocycles.